The Morgan fingerprint density at radius 1 is 1.44 bits per heavy atom. The van der Waals surface area contributed by atoms with Crippen molar-refractivity contribution in [2.75, 3.05) is 12.0 Å². The molecule has 1 fully saturated rings. The van der Waals surface area contributed by atoms with Gasteiger partial charge < -0.3 is 5.32 Å². The molecule has 1 aliphatic rings. The number of benzene rings is 1. The molecular weight excluding hydrogens is 214 g/mol. The topological polar surface area (TPSA) is 12.0 Å². The predicted molar refractivity (Wildman–Crippen MR) is 73.1 cm³/mol. The molecule has 1 aliphatic carbocycles. The Labute approximate surface area is 103 Å². The van der Waals surface area contributed by atoms with Crippen molar-refractivity contribution in [3.63, 3.8) is 0 Å². The van der Waals surface area contributed by atoms with Gasteiger partial charge in [-0.15, -0.1) is 0 Å². The van der Waals surface area contributed by atoms with E-state index in [1.54, 1.807) is 0 Å². The Kier molecular flexibility index (Phi) is 4.30. The summed E-state index contributed by atoms with van der Waals surface area (Å²) in [7, 11) is 0. The lowest BCUT2D eigenvalue weighted by atomic mass is 10.1. The summed E-state index contributed by atoms with van der Waals surface area (Å²) in [5.41, 5.74) is 2.97. The second-order valence-electron chi connectivity index (χ2n) is 4.76. The highest BCUT2D eigenvalue weighted by atomic mass is 32.2. The highest BCUT2D eigenvalue weighted by molar-refractivity contribution is 7.98. The van der Waals surface area contributed by atoms with Gasteiger partial charge in [-0.25, -0.2) is 0 Å². The summed E-state index contributed by atoms with van der Waals surface area (Å²) in [4.78, 5) is 0. The maximum absolute atomic E-state index is 3.57. The predicted octanol–water partition coefficient (Wildman–Crippen LogP) is 3.41. The van der Waals surface area contributed by atoms with E-state index in [9.17, 15) is 0 Å². The van der Waals surface area contributed by atoms with Crippen LogP contribution in [-0.2, 0) is 6.54 Å². The van der Waals surface area contributed by atoms with Crippen molar-refractivity contribution < 1.29 is 0 Å². The Hall–Kier alpha value is -0.470. The van der Waals surface area contributed by atoms with Crippen molar-refractivity contribution in [2.45, 2.75) is 38.3 Å². The van der Waals surface area contributed by atoms with Crippen molar-refractivity contribution in [2.24, 2.45) is 0 Å². The first-order valence-corrected chi connectivity index (χ1v) is 7.50. The molecule has 2 heteroatoms. The standard InChI is InChI=1S/C14H21NS/c1-11(10-16-2)15-9-12-4-3-5-14(8-12)13-6-7-13/h3-5,8,11,13,15H,6-7,9-10H2,1-2H3. The molecule has 1 aromatic carbocycles. The zero-order valence-electron chi connectivity index (χ0n) is 10.2. The minimum Gasteiger partial charge on any atom is -0.309 e. The van der Waals surface area contributed by atoms with Crippen molar-refractivity contribution in [1.29, 1.82) is 0 Å². The molecular formula is C14H21NS. The minimum atomic E-state index is 0.597. The Morgan fingerprint density at radius 2 is 2.25 bits per heavy atom. The average Bonchev–Trinajstić information content (AvgIpc) is 3.11. The zero-order chi connectivity index (χ0) is 11.4. The van der Waals surface area contributed by atoms with Crippen LogP contribution < -0.4 is 5.32 Å². The smallest absolute Gasteiger partial charge is 0.0208 e. The summed E-state index contributed by atoms with van der Waals surface area (Å²) in [6, 6.07) is 9.66. The lowest BCUT2D eigenvalue weighted by Gasteiger charge is -2.12. The third kappa shape index (κ3) is 3.53. The highest BCUT2D eigenvalue weighted by Crippen LogP contribution is 2.40. The van der Waals surface area contributed by atoms with Gasteiger partial charge in [-0.1, -0.05) is 24.3 Å². The quantitative estimate of drug-likeness (QED) is 0.811. The van der Waals surface area contributed by atoms with E-state index >= 15 is 0 Å². The first kappa shape index (κ1) is 12.0. The summed E-state index contributed by atoms with van der Waals surface area (Å²) in [6.45, 7) is 3.25. The average molecular weight is 235 g/mol. The Bertz CT molecular complexity index is 333. The molecule has 0 aromatic heterocycles. The van der Waals surface area contributed by atoms with Crippen LogP contribution in [0.5, 0.6) is 0 Å². The van der Waals surface area contributed by atoms with Crippen LogP contribution >= 0.6 is 11.8 Å². The molecule has 0 amide bonds. The molecule has 0 spiro atoms. The lowest BCUT2D eigenvalue weighted by molar-refractivity contribution is 0.596. The molecule has 16 heavy (non-hydrogen) atoms. The van der Waals surface area contributed by atoms with Crippen LogP contribution in [-0.4, -0.2) is 18.1 Å². The molecule has 0 bridgehead atoms. The monoisotopic (exact) mass is 235 g/mol. The summed E-state index contributed by atoms with van der Waals surface area (Å²) >= 11 is 1.90. The largest absolute Gasteiger partial charge is 0.309 e. The molecule has 1 unspecified atom stereocenters. The molecule has 0 radical (unpaired) electrons. The van der Waals surface area contributed by atoms with Crippen LogP contribution in [0.25, 0.3) is 0 Å². The van der Waals surface area contributed by atoms with Gasteiger partial charge in [0.1, 0.15) is 0 Å². The van der Waals surface area contributed by atoms with Crippen molar-refractivity contribution in [3.05, 3.63) is 35.4 Å². The Morgan fingerprint density at radius 3 is 2.94 bits per heavy atom. The first-order valence-electron chi connectivity index (χ1n) is 6.10. The summed E-state index contributed by atoms with van der Waals surface area (Å²) in [5.74, 6) is 2.05. The molecule has 0 saturated heterocycles. The molecule has 0 aliphatic heterocycles. The van der Waals surface area contributed by atoms with Gasteiger partial charge in [0.05, 0.1) is 0 Å². The third-order valence-corrected chi connectivity index (χ3v) is 3.90. The van der Waals surface area contributed by atoms with E-state index < -0.39 is 0 Å². The van der Waals surface area contributed by atoms with E-state index in [1.165, 1.54) is 29.7 Å². The van der Waals surface area contributed by atoms with Crippen molar-refractivity contribution in [3.8, 4) is 0 Å². The molecule has 88 valence electrons. The SMILES string of the molecule is CSCC(C)NCc1cccc(C2CC2)c1. The van der Waals surface area contributed by atoms with Gasteiger partial charge in [0.2, 0.25) is 0 Å². The van der Waals surface area contributed by atoms with Gasteiger partial charge in [-0.05, 0) is 43.1 Å². The Balaban J connectivity index is 1.86. The van der Waals surface area contributed by atoms with E-state index in [1.807, 2.05) is 11.8 Å². The van der Waals surface area contributed by atoms with Gasteiger partial charge >= 0.3 is 0 Å². The number of nitrogens with one attached hydrogen (secondary N) is 1. The summed E-state index contributed by atoms with van der Waals surface area (Å²) in [5, 5.41) is 3.57. The van der Waals surface area contributed by atoms with Crippen LogP contribution in [0.15, 0.2) is 24.3 Å². The van der Waals surface area contributed by atoms with Gasteiger partial charge in [0, 0.05) is 18.3 Å². The molecule has 2 rings (SSSR count). The third-order valence-electron chi connectivity index (χ3n) is 3.07. The van der Waals surface area contributed by atoms with E-state index in [0.717, 1.165) is 12.5 Å². The normalized spacial score (nSPS) is 17.4. The molecule has 1 saturated carbocycles. The molecule has 1 N–H and O–H groups in total. The fraction of sp³-hybridized carbons (Fsp3) is 0.571. The molecule has 0 heterocycles. The van der Waals surface area contributed by atoms with E-state index in [4.69, 9.17) is 0 Å². The van der Waals surface area contributed by atoms with Gasteiger partial charge in [-0.3, -0.25) is 0 Å². The number of hydrogen-bond donors (Lipinski definition) is 1. The summed E-state index contributed by atoms with van der Waals surface area (Å²) in [6.07, 6.45) is 4.94. The molecule has 1 nitrogen and oxygen atoms in total. The van der Waals surface area contributed by atoms with Crippen LogP contribution in [0.1, 0.15) is 36.8 Å². The number of hydrogen-bond acceptors (Lipinski definition) is 2. The van der Waals surface area contributed by atoms with E-state index in [0.29, 0.717) is 6.04 Å². The van der Waals surface area contributed by atoms with Crippen LogP contribution in [0, 0.1) is 0 Å². The molecule has 1 atom stereocenters. The fourth-order valence-electron chi connectivity index (χ4n) is 1.97. The van der Waals surface area contributed by atoms with Crippen molar-refractivity contribution >= 4 is 11.8 Å². The van der Waals surface area contributed by atoms with E-state index in [2.05, 4.69) is 42.8 Å². The first-order chi connectivity index (χ1) is 7.79. The lowest BCUT2D eigenvalue weighted by Crippen LogP contribution is -2.27. The molecule has 1 aromatic rings. The number of rotatable bonds is 6. The summed E-state index contributed by atoms with van der Waals surface area (Å²) < 4.78 is 0. The maximum Gasteiger partial charge on any atom is 0.0208 e. The second kappa shape index (κ2) is 5.74. The van der Waals surface area contributed by atoms with Crippen molar-refractivity contribution in [1.82, 2.24) is 5.32 Å². The van der Waals surface area contributed by atoms with Gasteiger partial charge in [-0.2, -0.15) is 11.8 Å². The fourth-order valence-corrected chi connectivity index (χ4v) is 2.59. The maximum atomic E-state index is 3.57. The van der Waals surface area contributed by atoms with Crippen LogP contribution in [0.4, 0.5) is 0 Å². The highest BCUT2D eigenvalue weighted by Gasteiger charge is 2.23. The minimum absolute atomic E-state index is 0.597. The van der Waals surface area contributed by atoms with Crippen LogP contribution in [0.3, 0.4) is 0 Å². The number of thioether (sulfide) groups is 1. The van der Waals surface area contributed by atoms with Gasteiger partial charge in [0.15, 0.2) is 0 Å². The second-order valence-corrected chi connectivity index (χ2v) is 5.67. The zero-order valence-corrected chi connectivity index (χ0v) is 11.0. The van der Waals surface area contributed by atoms with Gasteiger partial charge in [0.25, 0.3) is 0 Å². The van der Waals surface area contributed by atoms with Crippen LogP contribution in [0.2, 0.25) is 0 Å². The van der Waals surface area contributed by atoms with E-state index in [-0.39, 0.29) is 0 Å².